The molecule has 0 unspecified atom stereocenters. The molecule has 1 heterocycles. The quantitative estimate of drug-likeness (QED) is 0.479. The molecule has 2 amide bonds. The molecule has 3 rings (SSSR count). The van der Waals surface area contributed by atoms with Crippen molar-refractivity contribution in [3.63, 3.8) is 0 Å². The molecule has 34 heavy (non-hydrogen) atoms. The van der Waals surface area contributed by atoms with Gasteiger partial charge in [-0.15, -0.1) is 0 Å². The molecule has 2 aromatic carbocycles. The van der Waals surface area contributed by atoms with Gasteiger partial charge in [0.2, 0.25) is 11.8 Å². The Morgan fingerprint density at radius 3 is 2.32 bits per heavy atom. The van der Waals surface area contributed by atoms with Crippen molar-refractivity contribution in [3.05, 3.63) is 48.5 Å². The third-order valence-electron chi connectivity index (χ3n) is 5.54. The number of hydrogen-bond acceptors (Lipinski definition) is 6. The predicted octanol–water partition coefficient (Wildman–Crippen LogP) is 3.57. The van der Waals surface area contributed by atoms with Gasteiger partial charge >= 0.3 is 0 Å². The van der Waals surface area contributed by atoms with Crippen LogP contribution in [0.5, 0.6) is 11.5 Å². The number of para-hydroxylation sites is 2. The Labute approximate surface area is 201 Å². The van der Waals surface area contributed by atoms with Crippen LogP contribution >= 0.6 is 0 Å². The first-order chi connectivity index (χ1) is 16.6. The van der Waals surface area contributed by atoms with E-state index in [4.69, 9.17) is 14.2 Å². The average molecular weight is 470 g/mol. The molecule has 1 fully saturated rings. The Morgan fingerprint density at radius 1 is 1.00 bits per heavy atom. The van der Waals surface area contributed by atoms with E-state index in [2.05, 4.69) is 10.2 Å². The summed E-state index contributed by atoms with van der Waals surface area (Å²) < 4.78 is 16.7. The lowest BCUT2D eigenvalue weighted by atomic mass is 10.2. The molecule has 0 bridgehead atoms. The van der Waals surface area contributed by atoms with Gasteiger partial charge in [-0.2, -0.15) is 0 Å². The zero-order valence-corrected chi connectivity index (χ0v) is 20.1. The molecule has 1 saturated heterocycles. The Bertz CT molecular complexity index is 913. The number of carbonyl (C=O) groups is 2. The maximum Gasteiger partial charge on any atom is 0.243 e. The molecule has 0 aliphatic carbocycles. The number of likely N-dealkylation sites (N-methyl/N-ethyl adjacent to an activating group) is 1. The summed E-state index contributed by atoms with van der Waals surface area (Å²) in [6.45, 7) is 8.43. The lowest BCUT2D eigenvalue weighted by Crippen LogP contribution is -2.38. The van der Waals surface area contributed by atoms with Crippen molar-refractivity contribution in [1.29, 1.82) is 0 Å². The molecule has 0 spiro atoms. The maximum atomic E-state index is 12.6. The van der Waals surface area contributed by atoms with Gasteiger partial charge in [0, 0.05) is 37.4 Å². The minimum Gasteiger partial charge on any atom is -0.490 e. The van der Waals surface area contributed by atoms with E-state index in [1.54, 1.807) is 4.90 Å². The summed E-state index contributed by atoms with van der Waals surface area (Å²) in [5.74, 6) is 1.09. The maximum absolute atomic E-state index is 12.6. The van der Waals surface area contributed by atoms with Crippen molar-refractivity contribution >= 4 is 23.2 Å². The average Bonchev–Trinajstić information content (AvgIpc) is 2.87. The highest BCUT2D eigenvalue weighted by Crippen LogP contribution is 2.26. The molecule has 184 valence electrons. The molecule has 2 aromatic rings. The molecule has 8 nitrogen and oxygen atoms in total. The Hall–Kier alpha value is -3.26. The SMILES string of the molecule is CCOc1ccccc1OCCCC(=O)N(CC)CC(=O)Nc1ccc(N2CCOCC2)cc1. The molecule has 8 heteroatoms. The summed E-state index contributed by atoms with van der Waals surface area (Å²) in [6, 6.07) is 15.2. The normalized spacial score (nSPS) is 13.3. The smallest absolute Gasteiger partial charge is 0.243 e. The second-order valence-corrected chi connectivity index (χ2v) is 7.93. The topological polar surface area (TPSA) is 80.3 Å². The van der Waals surface area contributed by atoms with Gasteiger partial charge in [0.05, 0.1) is 33.0 Å². The summed E-state index contributed by atoms with van der Waals surface area (Å²) in [5, 5.41) is 2.88. The Kier molecular flexibility index (Phi) is 10.0. The number of morpholine rings is 1. The highest BCUT2D eigenvalue weighted by Gasteiger charge is 2.16. The van der Waals surface area contributed by atoms with Crippen molar-refractivity contribution in [2.24, 2.45) is 0 Å². The van der Waals surface area contributed by atoms with Crippen molar-refractivity contribution in [1.82, 2.24) is 4.90 Å². The molecule has 1 aliphatic heterocycles. The van der Waals surface area contributed by atoms with E-state index in [0.29, 0.717) is 49.8 Å². The van der Waals surface area contributed by atoms with Crippen LogP contribution in [0.2, 0.25) is 0 Å². The van der Waals surface area contributed by atoms with Crippen molar-refractivity contribution in [2.45, 2.75) is 26.7 Å². The molecule has 0 atom stereocenters. The largest absolute Gasteiger partial charge is 0.490 e. The number of hydrogen-bond donors (Lipinski definition) is 1. The highest BCUT2D eigenvalue weighted by atomic mass is 16.5. The number of carbonyl (C=O) groups excluding carboxylic acids is 2. The first-order valence-electron chi connectivity index (χ1n) is 12.0. The third kappa shape index (κ3) is 7.66. The summed E-state index contributed by atoms with van der Waals surface area (Å²) >= 11 is 0. The van der Waals surface area contributed by atoms with Gasteiger partial charge in [-0.25, -0.2) is 0 Å². The number of benzene rings is 2. The summed E-state index contributed by atoms with van der Waals surface area (Å²) in [5.41, 5.74) is 1.82. The Morgan fingerprint density at radius 2 is 1.68 bits per heavy atom. The predicted molar refractivity (Wildman–Crippen MR) is 133 cm³/mol. The van der Waals surface area contributed by atoms with Gasteiger partial charge in [0.15, 0.2) is 11.5 Å². The fourth-order valence-corrected chi connectivity index (χ4v) is 3.74. The second kappa shape index (κ2) is 13.4. The van der Waals surface area contributed by atoms with E-state index in [-0.39, 0.29) is 18.4 Å². The van der Waals surface area contributed by atoms with Gasteiger partial charge in [0.25, 0.3) is 0 Å². The number of nitrogens with one attached hydrogen (secondary N) is 1. The molecule has 0 radical (unpaired) electrons. The number of rotatable bonds is 12. The first-order valence-corrected chi connectivity index (χ1v) is 12.0. The van der Waals surface area contributed by atoms with Crippen LogP contribution in [0, 0.1) is 0 Å². The first kappa shape index (κ1) is 25.4. The number of amides is 2. The van der Waals surface area contributed by atoms with Crippen LogP contribution in [0.25, 0.3) is 0 Å². The van der Waals surface area contributed by atoms with Crippen LogP contribution in [0.4, 0.5) is 11.4 Å². The zero-order valence-electron chi connectivity index (χ0n) is 20.1. The van der Waals surface area contributed by atoms with Gasteiger partial charge in [-0.1, -0.05) is 12.1 Å². The number of ether oxygens (including phenoxy) is 3. The van der Waals surface area contributed by atoms with E-state index in [9.17, 15) is 9.59 Å². The van der Waals surface area contributed by atoms with Gasteiger partial charge in [-0.05, 0) is 56.7 Å². The van der Waals surface area contributed by atoms with E-state index in [0.717, 1.165) is 32.0 Å². The van der Waals surface area contributed by atoms with Crippen LogP contribution in [0.1, 0.15) is 26.7 Å². The standard InChI is InChI=1S/C26H35N3O5/c1-3-28(26(31)10-7-17-34-24-9-6-5-8-23(24)33-4-2)20-25(30)27-21-11-13-22(14-12-21)29-15-18-32-19-16-29/h5-6,8-9,11-14H,3-4,7,10,15-20H2,1-2H3,(H,27,30). The molecule has 0 saturated carbocycles. The van der Waals surface area contributed by atoms with Crippen LogP contribution in [0.15, 0.2) is 48.5 Å². The minimum absolute atomic E-state index is 0.0224. The summed E-state index contributed by atoms with van der Waals surface area (Å²) in [4.78, 5) is 28.9. The Balaban J connectivity index is 1.41. The van der Waals surface area contributed by atoms with Crippen LogP contribution in [-0.4, -0.2) is 69.3 Å². The molecule has 1 N–H and O–H groups in total. The van der Waals surface area contributed by atoms with Crippen molar-refractivity contribution in [2.75, 3.05) is 62.8 Å². The molecule has 0 aromatic heterocycles. The van der Waals surface area contributed by atoms with E-state index >= 15 is 0 Å². The third-order valence-corrected chi connectivity index (χ3v) is 5.54. The fraction of sp³-hybridized carbons (Fsp3) is 0.462. The molecular formula is C26H35N3O5. The molecular weight excluding hydrogens is 434 g/mol. The highest BCUT2D eigenvalue weighted by molar-refractivity contribution is 5.94. The second-order valence-electron chi connectivity index (χ2n) is 7.93. The van der Waals surface area contributed by atoms with E-state index < -0.39 is 0 Å². The lowest BCUT2D eigenvalue weighted by molar-refractivity contribution is -0.134. The molecule has 1 aliphatic rings. The summed E-state index contributed by atoms with van der Waals surface area (Å²) in [7, 11) is 0. The minimum atomic E-state index is -0.212. The van der Waals surface area contributed by atoms with Crippen LogP contribution < -0.4 is 19.7 Å². The van der Waals surface area contributed by atoms with E-state index in [1.807, 2.05) is 62.4 Å². The van der Waals surface area contributed by atoms with Gasteiger partial charge in [-0.3, -0.25) is 9.59 Å². The fourth-order valence-electron chi connectivity index (χ4n) is 3.74. The van der Waals surface area contributed by atoms with E-state index in [1.165, 1.54) is 0 Å². The van der Waals surface area contributed by atoms with Crippen molar-refractivity contribution < 1.29 is 23.8 Å². The zero-order chi connectivity index (χ0) is 24.2. The number of nitrogens with zero attached hydrogens (tertiary/aromatic N) is 2. The van der Waals surface area contributed by atoms with Crippen LogP contribution in [-0.2, 0) is 14.3 Å². The monoisotopic (exact) mass is 469 g/mol. The lowest BCUT2D eigenvalue weighted by Gasteiger charge is -2.29. The van der Waals surface area contributed by atoms with Crippen molar-refractivity contribution in [3.8, 4) is 11.5 Å². The summed E-state index contributed by atoms with van der Waals surface area (Å²) in [6.07, 6.45) is 0.868. The van der Waals surface area contributed by atoms with Gasteiger partial charge in [0.1, 0.15) is 0 Å². The van der Waals surface area contributed by atoms with Gasteiger partial charge < -0.3 is 29.3 Å². The van der Waals surface area contributed by atoms with Crippen LogP contribution in [0.3, 0.4) is 0 Å². The number of anilines is 2.